The van der Waals surface area contributed by atoms with Gasteiger partial charge in [-0.05, 0) is 78.0 Å². The number of fused-ring (bicyclic) bond motifs is 1. The number of urea groups is 1. The number of anilines is 1. The van der Waals surface area contributed by atoms with E-state index in [2.05, 4.69) is 10.6 Å². The van der Waals surface area contributed by atoms with Gasteiger partial charge in [0.2, 0.25) is 5.91 Å². The first-order valence-corrected chi connectivity index (χ1v) is 16.2. The van der Waals surface area contributed by atoms with Crippen LogP contribution in [0.25, 0.3) is 0 Å². The summed E-state index contributed by atoms with van der Waals surface area (Å²) >= 11 is 0. The SMILES string of the molecule is CC(C)NC(=O)Nc1ccc2c(c1)C(=O)N([C@H](C)CO)C[C@H](C)[C@H](CN(C)C(=O)C1CCCCC1)OCCCC[C@H](C)O2. The first kappa shape index (κ1) is 34.6. The van der Waals surface area contributed by atoms with Gasteiger partial charge >= 0.3 is 6.03 Å². The van der Waals surface area contributed by atoms with E-state index in [0.29, 0.717) is 36.7 Å². The molecule has 1 aliphatic carbocycles. The fourth-order valence-electron chi connectivity index (χ4n) is 5.91. The molecule has 0 radical (unpaired) electrons. The van der Waals surface area contributed by atoms with Gasteiger partial charge in [0.05, 0.1) is 30.4 Å². The summed E-state index contributed by atoms with van der Waals surface area (Å²) in [5.41, 5.74) is 0.789. The third-order valence-corrected chi connectivity index (χ3v) is 8.51. The van der Waals surface area contributed by atoms with Crippen LogP contribution in [-0.2, 0) is 9.53 Å². The highest BCUT2D eigenvalue weighted by molar-refractivity contribution is 5.99. The lowest BCUT2D eigenvalue weighted by atomic mass is 9.88. The highest BCUT2D eigenvalue weighted by atomic mass is 16.5. The Bertz CT molecular complexity index is 1060. The smallest absolute Gasteiger partial charge is 0.319 e. The Morgan fingerprint density at radius 1 is 1.07 bits per heavy atom. The topological polar surface area (TPSA) is 120 Å². The van der Waals surface area contributed by atoms with Crippen LogP contribution in [0.1, 0.15) is 96.3 Å². The molecule has 1 fully saturated rings. The molecule has 0 bridgehead atoms. The fourth-order valence-corrected chi connectivity index (χ4v) is 5.91. The van der Waals surface area contributed by atoms with E-state index in [1.54, 1.807) is 23.1 Å². The summed E-state index contributed by atoms with van der Waals surface area (Å²) in [6, 6.07) is 4.21. The number of nitrogens with zero attached hydrogens (tertiary/aromatic N) is 2. The molecule has 0 spiro atoms. The summed E-state index contributed by atoms with van der Waals surface area (Å²) in [5.74, 6) is 0.268. The van der Waals surface area contributed by atoms with Gasteiger partial charge in [-0.25, -0.2) is 4.79 Å². The number of carbonyl (C=O) groups is 3. The van der Waals surface area contributed by atoms with E-state index < -0.39 is 6.04 Å². The summed E-state index contributed by atoms with van der Waals surface area (Å²) in [4.78, 5) is 43.4. The van der Waals surface area contributed by atoms with Crippen LogP contribution in [0.3, 0.4) is 0 Å². The molecule has 4 amide bonds. The predicted molar refractivity (Wildman–Crippen MR) is 168 cm³/mol. The van der Waals surface area contributed by atoms with Gasteiger partial charge in [0.1, 0.15) is 5.75 Å². The number of likely N-dealkylation sites (N-methyl/N-ethyl adjacent to an activating group) is 1. The van der Waals surface area contributed by atoms with Crippen molar-refractivity contribution in [2.45, 2.75) is 110 Å². The number of aliphatic hydroxyl groups excluding tert-OH is 1. The van der Waals surface area contributed by atoms with Crippen LogP contribution < -0.4 is 15.4 Å². The van der Waals surface area contributed by atoms with Crippen molar-refractivity contribution in [3.63, 3.8) is 0 Å². The summed E-state index contributed by atoms with van der Waals surface area (Å²) in [6.45, 7) is 10.7. The van der Waals surface area contributed by atoms with E-state index in [0.717, 1.165) is 44.9 Å². The highest BCUT2D eigenvalue weighted by Crippen LogP contribution is 2.29. The number of aliphatic hydroxyl groups is 1. The Hall–Kier alpha value is -2.85. The van der Waals surface area contributed by atoms with Gasteiger partial charge in [0.25, 0.3) is 5.91 Å². The number of hydrogen-bond acceptors (Lipinski definition) is 6. The van der Waals surface area contributed by atoms with E-state index in [1.807, 2.05) is 46.6 Å². The van der Waals surface area contributed by atoms with Crippen LogP contribution >= 0.6 is 0 Å². The largest absolute Gasteiger partial charge is 0.490 e. The van der Waals surface area contributed by atoms with E-state index >= 15 is 0 Å². The summed E-state index contributed by atoms with van der Waals surface area (Å²) in [6.07, 6.45) is 7.38. The van der Waals surface area contributed by atoms with Crippen molar-refractivity contribution in [1.82, 2.24) is 15.1 Å². The third kappa shape index (κ3) is 10.4. The number of rotatable bonds is 7. The Kier molecular flexibility index (Phi) is 13.6. The molecule has 4 atom stereocenters. The molecule has 242 valence electrons. The van der Waals surface area contributed by atoms with Gasteiger partial charge in [-0.3, -0.25) is 9.59 Å². The maximum absolute atomic E-state index is 14.2. The minimum Gasteiger partial charge on any atom is -0.490 e. The Morgan fingerprint density at radius 2 is 1.77 bits per heavy atom. The standard InChI is InChI=1S/C33H54N4O6/c1-22(2)34-33(41)35-27-15-16-29-28(18-27)32(40)37(24(4)21-38)19-23(3)30(42-17-11-10-12-25(5)43-29)20-36(6)31(39)26-13-8-7-9-14-26/h15-16,18,22-26,30,38H,7-14,17,19-21H2,1-6H3,(H2,34,35,41)/t23-,24+,25-,30-/m0/s1. The molecule has 43 heavy (non-hydrogen) atoms. The highest BCUT2D eigenvalue weighted by Gasteiger charge is 2.32. The monoisotopic (exact) mass is 602 g/mol. The number of hydrogen-bond donors (Lipinski definition) is 3. The normalized spacial score (nSPS) is 23.5. The number of benzene rings is 1. The van der Waals surface area contributed by atoms with Crippen molar-refractivity contribution in [3.8, 4) is 5.75 Å². The zero-order valence-electron chi connectivity index (χ0n) is 27.1. The van der Waals surface area contributed by atoms with Crippen molar-refractivity contribution < 1.29 is 29.0 Å². The molecule has 1 aromatic rings. The van der Waals surface area contributed by atoms with Gasteiger partial charge in [-0.2, -0.15) is 0 Å². The van der Waals surface area contributed by atoms with Crippen LogP contribution in [0.4, 0.5) is 10.5 Å². The average Bonchev–Trinajstić information content (AvgIpc) is 2.98. The van der Waals surface area contributed by atoms with Crippen molar-refractivity contribution >= 4 is 23.5 Å². The molecule has 1 saturated carbocycles. The molecule has 0 saturated heterocycles. The lowest BCUT2D eigenvalue weighted by molar-refractivity contribution is -0.137. The first-order valence-electron chi connectivity index (χ1n) is 16.2. The zero-order chi connectivity index (χ0) is 31.5. The number of ether oxygens (including phenoxy) is 2. The molecule has 2 aliphatic rings. The fraction of sp³-hybridized carbons (Fsp3) is 0.727. The Balaban J connectivity index is 1.90. The second-order valence-electron chi connectivity index (χ2n) is 12.8. The van der Waals surface area contributed by atoms with E-state index in [-0.39, 0.29) is 54.5 Å². The molecule has 1 heterocycles. The molecule has 0 aromatic heterocycles. The lowest BCUT2D eigenvalue weighted by Gasteiger charge is -2.36. The van der Waals surface area contributed by atoms with Crippen molar-refractivity contribution in [2.24, 2.45) is 11.8 Å². The molecule has 0 unspecified atom stereocenters. The van der Waals surface area contributed by atoms with Crippen LogP contribution in [0.5, 0.6) is 5.75 Å². The van der Waals surface area contributed by atoms with Crippen molar-refractivity contribution in [3.05, 3.63) is 23.8 Å². The van der Waals surface area contributed by atoms with Gasteiger partial charge in [0, 0.05) is 50.3 Å². The second kappa shape index (κ2) is 16.9. The minimum absolute atomic E-state index is 0.0438. The average molecular weight is 603 g/mol. The second-order valence-corrected chi connectivity index (χ2v) is 12.8. The van der Waals surface area contributed by atoms with Gasteiger partial charge in [0.15, 0.2) is 0 Å². The van der Waals surface area contributed by atoms with Crippen molar-refractivity contribution in [1.29, 1.82) is 0 Å². The van der Waals surface area contributed by atoms with Gasteiger partial charge in [-0.15, -0.1) is 0 Å². The number of amides is 4. The van der Waals surface area contributed by atoms with Crippen LogP contribution in [-0.4, -0.2) is 90.4 Å². The molecule has 3 rings (SSSR count). The molecule has 10 nitrogen and oxygen atoms in total. The van der Waals surface area contributed by atoms with E-state index in [9.17, 15) is 19.5 Å². The third-order valence-electron chi connectivity index (χ3n) is 8.51. The number of carbonyl (C=O) groups excluding carboxylic acids is 3. The Morgan fingerprint density at radius 3 is 2.44 bits per heavy atom. The first-order chi connectivity index (χ1) is 20.5. The van der Waals surface area contributed by atoms with Crippen LogP contribution in [0.15, 0.2) is 18.2 Å². The van der Waals surface area contributed by atoms with E-state index in [4.69, 9.17) is 9.47 Å². The van der Waals surface area contributed by atoms with Gasteiger partial charge < -0.3 is 35.0 Å². The maximum Gasteiger partial charge on any atom is 0.319 e. The molecular weight excluding hydrogens is 548 g/mol. The number of nitrogens with one attached hydrogen (secondary N) is 2. The molecule has 1 aliphatic heterocycles. The Labute approximate surface area is 257 Å². The van der Waals surface area contributed by atoms with Gasteiger partial charge in [-0.1, -0.05) is 26.2 Å². The molecular formula is C33H54N4O6. The molecule has 1 aromatic carbocycles. The van der Waals surface area contributed by atoms with E-state index in [1.165, 1.54) is 6.42 Å². The molecule has 10 heteroatoms. The summed E-state index contributed by atoms with van der Waals surface area (Å²) in [5, 5.41) is 15.8. The van der Waals surface area contributed by atoms with Crippen molar-refractivity contribution in [2.75, 3.05) is 38.7 Å². The van der Waals surface area contributed by atoms with Crippen LogP contribution in [0.2, 0.25) is 0 Å². The molecule has 3 N–H and O–H groups in total. The quantitative estimate of drug-likeness (QED) is 0.402. The summed E-state index contributed by atoms with van der Waals surface area (Å²) < 4.78 is 12.7. The summed E-state index contributed by atoms with van der Waals surface area (Å²) in [7, 11) is 1.86. The van der Waals surface area contributed by atoms with Crippen LogP contribution in [0, 0.1) is 11.8 Å². The predicted octanol–water partition coefficient (Wildman–Crippen LogP) is 5.05. The minimum atomic E-state index is -0.476. The maximum atomic E-state index is 14.2. The zero-order valence-corrected chi connectivity index (χ0v) is 27.1. The lowest BCUT2D eigenvalue weighted by Crippen LogP contribution is -2.48.